The number of ether oxygens (including phenoxy) is 4. The maximum Gasteiger partial charge on any atom is 0.210 e. The normalized spacial score (nSPS) is 18.2. The highest BCUT2D eigenvalue weighted by molar-refractivity contribution is 5.87. The van der Waals surface area contributed by atoms with Gasteiger partial charge in [-0.2, -0.15) is 0 Å². The highest BCUT2D eigenvalue weighted by atomic mass is 16.7. The monoisotopic (exact) mass is 506 g/mol. The van der Waals surface area contributed by atoms with E-state index in [0.717, 1.165) is 98.0 Å². The summed E-state index contributed by atoms with van der Waals surface area (Å²) in [6.45, 7) is 10.7. The van der Waals surface area contributed by atoms with Crippen molar-refractivity contribution in [3.63, 3.8) is 0 Å². The third-order valence-electron chi connectivity index (χ3n) is 8.17. The lowest BCUT2D eigenvalue weighted by Crippen LogP contribution is -2.36. The Morgan fingerprint density at radius 3 is 1.84 bits per heavy atom. The molecule has 4 nitrogen and oxygen atoms in total. The minimum atomic E-state index is -0.604. The predicted molar refractivity (Wildman–Crippen MR) is 152 cm³/mol. The van der Waals surface area contributed by atoms with Gasteiger partial charge in [0.15, 0.2) is 0 Å². The molecule has 2 aromatic carbocycles. The topological polar surface area (TPSA) is 36.9 Å². The van der Waals surface area contributed by atoms with E-state index in [1.54, 1.807) is 14.2 Å². The Kier molecular flexibility index (Phi) is 9.03. The number of aryl methyl sites for hydroxylation is 2. The molecule has 0 saturated heterocycles. The zero-order valence-corrected chi connectivity index (χ0v) is 23.7. The van der Waals surface area contributed by atoms with Gasteiger partial charge in [-0.1, -0.05) is 55.7 Å². The van der Waals surface area contributed by atoms with Crippen LogP contribution in [0, 0.1) is 6.92 Å². The van der Waals surface area contributed by atoms with Crippen LogP contribution in [-0.2, 0) is 15.9 Å². The molecule has 2 saturated carbocycles. The Morgan fingerprint density at radius 2 is 1.38 bits per heavy atom. The molecule has 202 valence electrons. The molecule has 0 amide bonds. The Labute approximate surface area is 224 Å². The lowest BCUT2D eigenvalue weighted by molar-refractivity contribution is -0.160. The van der Waals surface area contributed by atoms with Gasteiger partial charge in [0.2, 0.25) is 11.6 Å². The van der Waals surface area contributed by atoms with Gasteiger partial charge in [0.05, 0.1) is 5.56 Å². The van der Waals surface area contributed by atoms with Crippen molar-refractivity contribution in [3.8, 4) is 22.6 Å². The first-order valence-electron chi connectivity index (χ1n) is 14.3. The van der Waals surface area contributed by atoms with Crippen LogP contribution in [0.4, 0.5) is 0 Å². The third kappa shape index (κ3) is 6.23. The zero-order valence-electron chi connectivity index (χ0n) is 23.7. The van der Waals surface area contributed by atoms with E-state index < -0.39 is 11.6 Å². The van der Waals surface area contributed by atoms with E-state index in [9.17, 15) is 0 Å². The summed E-state index contributed by atoms with van der Waals surface area (Å²) in [6.07, 6.45) is 12.5. The van der Waals surface area contributed by atoms with Crippen molar-refractivity contribution >= 4 is 5.57 Å². The second-order valence-corrected chi connectivity index (χ2v) is 11.1. The molecule has 0 N–H and O–H groups in total. The standard InChI is InChI=1S/C33H46O4/c1-7-8-9-14-26-22-29(36-32(34-5)17-10-11-18-32)31(28-21-25(4)15-16-27(28)24(2)3)30(23-26)37-33(35-6)19-12-13-20-33/h15-16,21-23H,2,7-14,17-20H2,1,3-6H3. The molecule has 0 radical (unpaired) electrons. The first-order valence-corrected chi connectivity index (χ1v) is 14.3. The second kappa shape index (κ2) is 12.0. The molecule has 0 bridgehead atoms. The fraction of sp³-hybridized carbons (Fsp3) is 0.576. The summed E-state index contributed by atoms with van der Waals surface area (Å²) >= 11 is 0. The van der Waals surface area contributed by atoms with Crippen molar-refractivity contribution in [3.05, 3.63) is 53.6 Å². The van der Waals surface area contributed by atoms with Crippen LogP contribution >= 0.6 is 0 Å². The smallest absolute Gasteiger partial charge is 0.210 e. The van der Waals surface area contributed by atoms with Gasteiger partial charge in [0.1, 0.15) is 11.5 Å². The highest BCUT2D eigenvalue weighted by Gasteiger charge is 2.40. The predicted octanol–water partition coefficient (Wildman–Crippen LogP) is 9.02. The average molecular weight is 507 g/mol. The number of methoxy groups -OCH3 is 2. The molecular formula is C33H46O4. The van der Waals surface area contributed by atoms with Gasteiger partial charge in [-0.25, -0.2) is 0 Å². The van der Waals surface area contributed by atoms with E-state index in [1.165, 1.54) is 24.0 Å². The number of allylic oxidation sites excluding steroid dienone is 1. The molecular weight excluding hydrogens is 460 g/mol. The molecule has 0 atom stereocenters. The number of hydrogen-bond donors (Lipinski definition) is 0. The molecule has 0 spiro atoms. The first kappa shape index (κ1) is 27.7. The molecule has 2 fully saturated rings. The number of rotatable bonds is 12. The van der Waals surface area contributed by atoms with Crippen LogP contribution in [0.5, 0.6) is 11.5 Å². The maximum absolute atomic E-state index is 6.92. The van der Waals surface area contributed by atoms with Crippen LogP contribution in [0.25, 0.3) is 16.7 Å². The fourth-order valence-corrected chi connectivity index (χ4v) is 5.96. The van der Waals surface area contributed by atoms with Crippen LogP contribution in [0.15, 0.2) is 36.9 Å². The van der Waals surface area contributed by atoms with E-state index >= 15 is 0 Å². The summed E-state index contributed by atoms with van der Waals surface area (Å²) in [4.78, 5) is 0. The van der Waals surface area contributed by atoms with Crippen LogP contribution in [0.2, 0.25) is 0 Å². The average Bonchev–Trinajstić information content (AvgIpc) is 3.54. The van der Waals surface area contributed by atoms with Crippen molar-refractivity contribution in [1.29, 1.82) is 0 Å². The highest BCUT2D eigenvalue weighted by Crippen LogP contribution is 2.48. The first-order chi connectivity index (χ1) is 17.8. The van der Waals surface area contributed by atoms with Gasteiger partial charge in [0, 0.05) is 39.9 Å². The minimum absolute atomic E-state index is 0.604. The molecule has 4 rings (SSSR count). The Morgan fingerprint density at radius 1 is 0.838 bits per heavy atom. The Balaban J connectivity index is 1.93. The lowest BCUT2D eigenvalue weighted by atomic mass is 9.91. The number of hydrogen-bond acceptors (Lipinski definition) is 4. The van der Waals surface area contributed by atoms with E-state index in [-0.39, 0.29) is 0 Å². The van der Waals surface area contributed by atoms with Gasteiger partial charge in [0.25, 0.3) is 0 Å². The van der Waals surface area contributed by atoms with Crippen molar-refractivity contribution in [2.45, 2.75) is 109 Å². The Bertz CT molecular complexity index is 1030. The third-order valence-corrected chi connectivity index (χ3v) is 8.17. The van der Waals surface area contributed by atoms with E-state index in [0.29, 0.717) is 0 Å². The van der Waals surface area contributed by atoms with Crippen LogP contribution in [0.1, 0.15) is 101 Å². The van der Waals surface area contributed by atoms with E-state index in [2.05, 4.69) is 57.7 Å². The molecule has 2 aliphatic rings. The van der Waals surface area contributed by atoms with Gasteiger partial charge >= 0.3 is 0 Å². The molecule has 0 aliphatic heterocycles. The second-order valence-electron chi connectivity index (χ2n) is 11.1. The molecule has 0 unspecified atom stereocenters. The lowest BCUT2D eigenvalue weighted by Gasteiger charge is -2.33. The van der Waals surface area contributed by atoms with Gasteiger partial charge in [-0.05, 0) is 81.2 Å². The molecule has 2 aliphatic carbocycles. The van der Waals surface area contributed by atoms with Gasteiger partial charge in [-0.15, -0.1) is 0 Å². The van der Waals surface area contributed by atoms with E-state index in [4.69, 9.17) is 18.9 Å². The van der Waals surface area contributed by atoms with Gasteiger partial charge < -0.3 is 18.9 Å². The summed E-state index contributed by atoms with van der Waals surface area (Å²) in [6, 6.07) is 11.0. The van der Waals surface area contributed by atoms with Crippen LogP contribution in [-0.4, -0.2) is 25.8 Å². The quantitative estimate of drug-likeness (QED) is 0.213. The largest absolute Gasteiger partial charge is 0.462 e. The fourth-order valence-electron chi connectivity index (χ4n) is 5.96. The summed E-state index contributed by atoms with van der Waals surface area (Å²) in [5, 5.41) is 0. The molecule has 0 aromatic heterocycles. The van der Waals surface area contributed by atoms with Crippen molar-refractivity contribution in [2.75, 3.05) is 14.2 Å². The molecule has 4 heteroatoms. The zero-order chi connectivity index (χ0) is 26.5. The van der Waals surface area contributed by atoms with Crippen LogP contribution in [0.3, 0.4) is 0 Å². The summed E-state index contributed by atoms with van der Waals surface area (Å²) < 4.78 is 25.9. The SMILES string of the molecule is C=C(C)c1ccc(C)cc1-c1c(OC2(OC)CCCC2)cc(CCCCC)cc1OC1(OC)CCCC1. The molecule has 2 aromatic rings. The summed E-state index contributed by atoms with van der Waals surface area (Å²) in [5.41, 5.74) is 6.62. The van der Waals surface area contributed by atoms with Gasteiger partial charge in [-0.3, -0.25) is 0 Å². The van der Waals surface area contributed by atoms with Crippen molar-refractivity contribution in [1.82, 2.24) is 0 Å². The molecule has 0 heterocycles. The van der Waals surface area contributed by atoms with Crippen LogP contribution < -0.4 is 9.47 Å². The van der Waals surface area contributed by atoms with E-state index in [1.807, 2.05) is 0 Å². The number of benzene rings is 2. The van der Waals surface area contributed by atoms with Crippen molar-refractivity contribution < 1.29 is 18.9 Å². The Hall–Kier alpha value is -2.30. The summed E-state index contributed by atoms with van der Waals surface area (Å²) in [5.74, 6) is 0.469. The number of unbranched alkanes of at least 4 members (excludes halogenated alkanes) is 2. The summed E-state index contributed by atoms with van der Waals surface area (Å²) in [7, 11) is 3.55. The maximum atomic E-state index is 6.92. The van der Waals surface area contributed by atoms with Crippen molar-refractivity contribution in [2.24, 2.45) is 0 Å². The molecule has 37 heavy (non-hydrogen) atoms. The minimum Gasteiger partial charge on any atom is -0.462 e.